The Morgan fingerprint density at radius 2 is 2.18 bits per heavy atom. The van der Waals surface area contributed by atoms with Crippen LogP contribution in [0.25, 0.3) is 5.52 Å². The van der Waals surface area contributed by atoms with Crippen LogP contribution in [-0.2, 0) is 5.54 Å². The minimum Gasteiger partial charge on any atom is -0.319 e. The second-order valence-corrected chi connectivity index (χ2v) is 5.39. The number of fused-ring (bicyclic) bond motifs is 1. The first kappa shape index (κ1) is 10.7. The maximum absolute atomic E-state index is 13.9. The Kier molecular flexibility index (Phi) is 2.08. The highest BCUT2D eigenvalue weighted by Crippen LogP contribution is 2.42. The van der Waals surface area contributed by atoms with Gasteiger partial charge in [-0.05, 0) is 38.8 Å². The smallest absolute Gasteiger partial charge is 0.149 e. The third-order valence-corrected chi connectivity index (χ3v) is 3.18. The lowest BCUT2D eigenvalue weighted by Crippen LogP contribution is -2.31. The predicted molar refractivity (Wildman–Crippen MR) is 64.3 cm³/mol. The van der Waals surface area contributed by atoms with Gasteiger partial charge in [-0.1, -0.05) is 0 Å². The lowest BCUT2D eigenvalue weighted by molar-refractivity contribution is 0.509. The highest BCUT2D eigenvalue weighted by atomic mass is 19.1. The van der Waals surface area contributed by atoms with Gasteiger partial charge in [0.2, 0.25) is 0 Å². The van der Waals surface area contributed by atoms with Crippen molar-refractivity contribution in [3.8, 4) is 0 Å². The molecule has 2 aromatic heterocycles. The van der Waals surface area contributed by atoms with E-state index in [1.807, 2.05) is 20.0 Å². The van der Waals surface area contributed by atoms with Crippen molar-refractivity contribution in [1.29, 1.82) is 0 Å². The average Bonchev–Trinajstić information content (AvgIpc) is 2.98. The summed E-state index contributed by atoms with van der Waals surface area (Å²) in [5.41, 5.74) is 7.01. The van der Waals surface area contributed by atoms with E-state index in [0.29, 0.717) is 11.4 Å². The molecule has 17 heavy (non-hydrogen) atoms. The minimum atomic E-state index is -0.566. The quantitative estimate of drug-likeness (QED) is 0.866. The Labute approximate surface area is 99.5 Å². The van der Waals surface area contributed by atoms with Gasteiger partial charge in [0, 0.05) is 12.1 Å². The summed E-state index contributed by atoms with van der Waals surface area (Å²) >= 11 is 0. The van der Waals surface area contributed by atoms with Crippen LogP contribution in [0.3, 0.4) is 0 Å². The third kappa shape index (κ3) is 1.63. The van der Waals surface area contributed by atoms with E-state index >= 15 is 0 Å². The van der Waals surface area contributed by atoms with E-state index in [1.54, 1.807) is 10.5 Å². The molecule has 0 atom stereocenters. The van der Waals surface area contributed by atoms with Crippen molar-refractivity contribution in [1.82, 2.24) is 9.38 Å². The van der Waals surface area contributed by atoms with Crippen molar-refractivity contribution in [3.63, 3.8) is 0 Å². The monoisotopic (exact) mass is 233 g/mol. The average molecular weight is 233 g/mol. The highest BCUT2D eigenvalue weighted by Gasteiger charge is 2.32. The van der Waals surface area contributed by atoms with E-state index < -0.39 is 5.54 Å². The van der Waals surface area contributed by atoms with E-state index in [-0.39, 0.29) is 5.82 Å². The maximum atomic E-state index is 13.9. The Bertz CT molecular complexity index is 576. The Hall–Kier alpha value is -1.42. The number of hydrogen-bond donors (Lipinski definition) is 1. The first-order valence-electron chi connectivity index (χ1n) is 5.94. The minimum absolute atomic E-state index is 0.211. The zero-order chi connectivity index (χ0) is 12.2. The van der Waals surface area contributed by atoms with Gasteiger partial charge in [0.15, 0.2) is 0 Å². The molecular weight excluding hydrogens is 217 g/mol. The van der Waals surface area contributed by atoms with Crippen LogP contribution in [0, 0.1) is 5.82 Å². The fraction of sp³-hybridized carbons (Fsp3) is 0.462. The van der Waals surface area contributed by atoms with Gasteiger partial charge in [-0.3, -0.25) is 4.40 Å². The first-order chi connectivity index (χ1) is 7.98. The van der Waals surface area contributed by atoms with Crippen molar-refractivity contribution >= 4 is 5.52 Å². The largest absolute Gasteiger partial charge is 0.319 e. The molecule has 0 aliphatic heterocycles. The van der Waals surface area contributed by atoms with Crippen LogP contribution in [0.5, 0.6) is 0 Å². The van der Waals surface area contributed by atoms with Gasteiger partial charge < -0.3 is 5.73 Å². The molecule has 0 amide bonds. The molecule has 3 rings (SSSR count). The summed E-state index contributed by atoms with van der Waals surface area (Å²) in [6.07, 6.45) is 4.04. The molecule has 1 aliphatic rings. The Morgan fingerprint density at radius 1 is 1.47 bits per heavy atom. The first-order valence-corrected chi connectivity index (χ1v) is 5.94. The summed E-state index contributed by atoms with van der Waals surface area (Å²) in [5, 5.41) is 0. The van der Waals surface area contributed by atoms with Crippen molar-refractivity contribution in [3.05, 3.63) is 35.7 Å². The number of aromatic nitrogens is 2. The predicted octanol–water partition coefficient (Wildman–Crippen LogP) is 2.54. The van der Waals surface area contributed by atoms with Crippen LogP contribution in [0.4, 0.5) is 4.39 Å². The molecule has 0 bridgehead atoms. The van der Waals surface area contributed by atoms with E-state index in [9.17, 15) is 4.39 Å². The number of imidazole rings is 1. The maximum Gasteiger partial charge on any atom is 0.149 e. The number of halogens is 1. The zero-order valence-electron chi connectivity index (χ0n) is 10.1. The number of nitrogens with two attached hydrogens (primary N) is 1. The summed E-state index contributed by atoms with van der Waals surface area (Å²) in [6.45, 7) is 3.78. The van der Waals surface area contributed by atoms with Crippen LogP contribution in [-0.4, -0.2) is 9.38 Å². The fourth-order valence-electron chi connectivity index (χ4n) is 2.22. The molecule has 1 aliphatic carbocycles. The van der Waals surface area contributed by atoms with Crippen LogP contribution in [0.15, 0.2) is 18.3 Å². The SMILES string of the molecule is CC(C)(N)c1nc(C2CC2)c2c(F)cccn12. The summed E-state index contributed by atoms with van der Waals surface area (Å²) in [4.78, 5) is 4.58. The van der Waals surface area contributed by atoms with E-state index in [4.69, 9.17) is 5.73 Å². The highest BCUT2D eigenvalue weighted by molar-refractivity contribution is 5.57. The molecule has 0 radical (unpaired) electrons. The molecule has 2 heterocycles. The normalized spacial score (nSPS) is 16.7. The topological polar surface area (TPSA) is 43.3 Å². The molecule has 0 unspecified atom stereocenters. The van der Waals surface area contributed by atoms with E-state index in [0.717, 1.165) is 24.4 Å². The molecule has 2 aromatic rings. The summed E-state index contributed by atoms with van der Waals surface area (Å²) in [7, 11) is 0. The van der Waals surface area contributed by atoms with Crippen LogP contribution in [0.1, 0.15) is 44.1 Å². The van der Waals surface area contributed by atoms with Crippen molar-refractivity contribution < 1.29 is 4.39 Å². The molecule has 90 valence electrons. The summed E-state index contributed by atoms with van der Waals surface area (Å²) in [6, 6.07) is 3.17. The van der Waals surface area contributed by atoms with Crippen LogP contribution in [0.2, 0.25) is 0 Å². The molecule has 4 heteroatoms. The van der Waals surface area contributed by atoms with Crippen LogP contribution < -0.4 is 5.73 Å². The molecule has 2 N–H and O–H groups in total. The van der Waals surface area contributed by atoms with Crippen molar-refractivity contribution in [2.24, 2.45) is 5.73 Å². The molecule has 0 aromatic carbocycles. The Morgan fingerprint density at radius 3 is 2.76 bits per heavy atom. The van der Waals surface area contributed by atoms with Gasteiger partial charge in [-0.25, -0.2) is 9.37 Å². The van der Waals surface area contributed by atoms with Gasteiger partial charge >= 0.3 is 0 Å². The van der Waals surface area contributed by atoms with E-state index in [2.05, 4.69) is 4.98 Å². The second-order valence-electron chi connectivity index (χ2n) is 5.39. The van der Waals surface area contributed by atoms with Crippen LogP contribution >= 0.6 is 0 Å². The standard InChI is InChI=1S/C13H16FN3/c1-13(2,15)12-16-10(8-5-6-8)11-9(14)4-3-7-17(11)12/h3-4,7-8H,5-6,15H2,1-2H3. The number of nitrogens with zero attached hydrogens (tertiary/aromatic N) is 2. The fourth-order valence-corrected chi connectivity index (χ4v) is 2.22. The van der Waals surface area contributed by atoms with Crippen molar-refractivity contribution in [2.45, 2.75) is 38.1 Å². The number of hydrogen-bond acceptors (Lipinski definition) is 2. The second kappa shape index (κ2) is 3.29. The van der Waals surface area contributed by atoms with Crippen molar-refractivity contribution in [2.75, 3.05) is 0 Å². The molecule has 1 saturated carbocycles. The zero-order valence-corrected chi connectivity index (χ0v) is 10.1. The molecular formula is C13H16FN3. The van der Waals surface area contributed by atoms with Gasteiger partial charge in [-0.15, -0.1) is 0 Å². The summed E-state index contributed by atoms with van der Waals surface area (Å²) in [5.74, 6) is 0.935. The molecule has 1 fully saturated rings. The summed E-state index contributed by atoms with van der Waals surface area (Å²) < 4.78 is 15.7. The Balaban J connectivity index is 2.34. The number of rotatable bonds is 2. The van der Waals surface area contributed by atoms with Gasteiger partial charge in [-0.2, -0.15) is 0 Å². The molecule has 0 saturated heterocycles. The number of pyridine rings is 1. The lowest BCUT2D eigenvalue weighted by Gasteiger charge is -2.16. The van der Waals surface area contributed by atoms with Gasteiger partial charge in [0.25, 0.3) is 0 Å². The van der Waals surface area contributed by atoms with Gasteiger partial charge in [0.1, 0.15) is 17.2 Å². The lowest BCUT2D eigenvalue weighted by atomic mass is 10.1. The third-order valence-electron chi connectivity index (χ3n) is 3.18. The molecule has 0 spiro atoms. The molecule has 3 nitrogen and oxygen atoms in total. The van der Waals surface area contributed by atoms with E-state index in [1.165, 1.54) is 6.07 Å². The van der Waals surface area contributed by atoms with Gasteiger partial charge in [0.05, 0.1) is 11.2 Å².